The van der Waals surface area contributed by atoms with Crippen LogP contribution in [0.15, 0.2) is 0 Å². The van der Waals surface area contributed by atoms with Gasteiger partial charge in [-0.15, -0.1) is 0 Å². The maximum absolute atomic E-state index is 12.7. The average molecular weight is 1140 g/mol. The van der Waals surface area contributed by atoms with Crippen LogP contribution >= 0.6 is 0 Å². The van der Waals surface area contributed by atoms with Gasteiger partial charge in [0.2, 0.25) is 23.6 Å². The Morgan fingerprint density at radius 3 is 1.41 bits per heavy atom. The fraction of sp³-hybridized carbons (Fsp3) is 0.800. The molecule has 4 amide bonds. The van der Waals surface area contributed by atoms with E-state index in [-0.39, 0.29) is 136 Å². The number of nitrogens with one attached hydrogen (secondary N) is 4. The van der Waals surface area contributed by atoms with Crippen molar-refractivity contribution in [3.05, 3.63) is 0 Å². The van der Waals surface area contributed by atoms with Gasteiger partial charge in [0.1, 0.15) is 36.9 Å². The van der Waals surface area contributed by atoms with Crippen molar-refractivity contribution in [1.29, 1.82) is 0 Å². The molecule has 0 rings (SSSR count). The van der Waals surface area contributed by atoms with Crippen LogP contribution in [0.4, 0.5) is 0 Å². The van der Waals surface area contributed by atoms with Crippen LogP contribution < -0.4 is 21.3 Å². The van der Waals surface area contributed by atoms with E-state index in [1.165, 1.54) is 25.7 Å². The minimum Gasteiger partial charge on any atom is -0.481 e. The van der Waals surface area contributed by atoms with E-state index in [1.54, 1.807) is 6.92 Å². The number of amides is 4. The number of carbonyl (C=O) groups excluding carboxylic acids is 7. The van der Waals surface area contributed by atoms with E-state index >= 15 is 0 Å². The summed E-state index contributed by atoms with van der Waals surface area (Å²) >= 11 is 0. The topological polar surface area (TPSA) is 385 Å². The summed E-state index contributed by atoms with van der Waals surface area (Å²) < 4.78 is 21.4. The molecule has 4 atom stereocenters. The lowest BCUT2D eigenvalue weighted by molar-refractivity contribution is -0.145. The summed E-state index contributed by atoms with van der Waals surface area (Å²) in [5, 5.41) is 47.7. The fourth-order valence-corrected chi connectivity index (χ4v) is 7.95. The van der Waals surface area contributed by atoms with Crippen LogP contribution in [0.2, 0.25) is 0 Å². The number of hydrogen-bond acceptors (Lipinski definition) is 15. The third kappa shape index (κ3) is 48.2. The Hall–Kier alpha value is -5.43. The molecule has 0 bridgehead atoms. The van der Waals surface area contributed by atoms with Gasteiger partial charge in [-0.2, -0.15) is 0 Å². The van der Waals surface area contributed by atoms with E-state index in [9.17, 15) is 68.1 Å². The van der Waals surface area contributed by atoms with Crippen molar-refractivity contribution in [2.24, 2.45) is 11.8 Å². The smallest absolute Gasteiger partial charge is 0.326 e. The van der Waals surface area contributed by atoms with Crippen LogP contribution in [-0.4, -0.2) is 169 Å². The second-order valence-electron chi connectivity index (χ2n) is 19.8. The molecule has 0 aliphatic heterocycles. The van der Waals surface area contributed by atoms with Gasteiger partial charge in [-0.25, -0.2) is 9.59 Å². The Kier molecular flexibility index (Phi) is 48.6. The normalized spacial score (nSPS) is 12.5. The van der Waals surface area contributed by atoms with Gasteiger partial charge in [-0.1, -0.05) is 90.4 Å². The Morgan fingerprint density at radius 2 is 0.873 bits per heavy atom. The molecule has 0 aromatic heterocycles. The van der Waals surface area contributed by atoms with Gasteiger partial charge in [0, 0.05) is 73.4 Å². The van der Waals surface area contributed by atoms with Gasteiger partial charge >= 0.3 is 23.9 Å². The molecule has 79 heavy (non-hydrogen) atoms. The number of Topliss-reactive ketones (excluding diaryl/α,β-unsaturated/α-hetero) is 3. The Labute approximate surface area is 469 Å². The van der Waals surface area contributed by atoms with Crippen LogP contribution in [0.1, 0.15) is 196 Å². The lowest BCUT2D eigenvalue weighted by Crippen LogP contribution is -2.44. The molecule has 0 saturated heterocycles. The van der Waals surface area contributed by atoms with E-state index in [4.69, 9.17) is 24.1 Å². The molecule has 0 aromatic carbocycles. The zero-order chi connectivity index (χ0) is 58.2. The predicted octanol–water partition coefficient (Wildman–Crippen LogP) is 5.16. The van der Waals surface area contributed by atoms with Crippen LogP contribution in [0.3, 0.4) is 0 Å². The molecular formula is C55H100N4O20. The zero-order valence-electron chi connectivity index (χ0n) is 47.1. The van der Waals surface area contributed by atoms with Crippen molar-refractivity contribution in [1.82, 2.24) is 21.3 Å². The number of ether oxygens (including phenoxy) is 4. The second kappa shape index (κ2) is 50.8. The van der Waals surface area contributed by atoms with E-state index < -0.39 is 78.2 Å². The molecule has 24 heteroatoms. The molecule has 0 saturated carbocycles. The predicted molar refractivity (Wildman–Crippen MR) is 294 cm³/mol. The summed E-state index contributed by atoms with van der Waals surface area (Å²) in [5.74, 6) is -8.60. The Morgan fingerprint density at radius 1 is 0.405 bits per heavy atom. The van der Waals surface area contributed by atoms with E-state index in [0.29, 0.717) is 26.0 Å². The third-order valence-corrected chi connectivity index (χ3v) is 12.9. The van der Waals surface area contributed by atoms with Crippen molar-refractivity contribution in [3.63, 3.8) is 0 Å². The van der Waals surface area contributed by atoms with Crippen molar-refractivity contribution >= 4 is 64.9 Å². The molecule has 0 aliphatic rings. The fourth-order valence-electron chi connectivity index (χ4n) is 7.95. The highest BCUT2D eigenvalue weighted by Gasteiger charge is 2.27. The Bertz CT molecular complexity index is 1780. The summed E-state index contributed by atoms with van der Waals surface area (Å²) in [7, 11) is 0. The van der Waals surface area contributed by atoms with Crippen LogP contribution in [0.5, 0.6) is 0 Å². The van der Waals surface area contributed by atoms with Gasteiger partial charge in [0.15, 0.2) is 5.78 Å². The molecule has 460 valence electrons. The summed E-state index contributed by atoms with van der Waals surface area (Å²) in [6, 6.07) is -2.90. The highest BCUT2D eigenvalue weighted by atomic mass is 16.5. The molecule has 0 fully saturated rings. The quantitative estimate of drug-likeness (QED) is 0.0364. The molecule has 0 aromatic rings. The molecule has 0 unspecified atom stereocenters. The molecule has 10 N–H and O–H groups in total. The standard InChI is InChI=1S/C55H94N4O19.H2O.2H2/c1-41(42(2)60)20-17-18-30-56-51(66)40-78-37-34-75-32-19-21-45(62)39-77-36-35-76-33-31-57-48(63)28-24-43(53(69)70)38-44(61)25-26-46(54(71)72)59-50(65)29-27-47(55(73)74)58-49(64)22-15-13-11-9-7-5-3-4-6-8-10-12-14-16-23-52(67)68;;;/h41,43,46-47H,3-40H2,1-2H3,(H,56,66)(H,57,63)(H,58,64)(H,59,65)(H,67,68)(H,69,70)(H,71,72)(H,73,74);1H2;2*1H/t41-,43+,46-,47-;;;/m0.../s1. The minimum atomic E-state index is -1.52. The van der Waals surface area contributed by atoms with Gasteiger partial charge in [0.05, 0.1) is 39.0 Å². The first-order valence-electron chi connectivity index (χ1n) is 28.2. The van der Waals surface area contributed by atoms with Gasteiger partial charge in [-0.05, 0) is 58.3 Å². The van der Waals surface area contributed by atoms with Crippen molar-refractivity contribution in [2.75, 3.05) is 65.9 Å². The zero-order valence-corrected chi connectivity index (χ0v) is 47.1. The lowest BCUT2D eigenvalue weighted by atomic mass is 9.94. The SMILES string of the molecule is CC(=O)[C@@H](C)CCCCNC(=O)COCCOCCCC(=O)COCCOCCNC(=O)CC[C@H](CC(=O)CC[C@H](NC(=O)CC[C@H](NC(=O)CCCCCCCCCCCCCCCCC(=O)O)C(=O)O)C(=O)O)C(=O)O.O.[HH].[HH]. The third-order valence-electron chi connectivity index (χ3n) is 12.9. The van der Waals surface area contributed by atoms with Gasteiger partial charge in [-0.3, -0.25) is 43.2 Å². The monoisotopic (exact) mass is 1140 g/mol. The van der Waals surface area contributed by atoms with Crippen LogP contribution in [-0.2, 0) is 71.7 Å². The first kappa shape index (κ1) is 75.6. The number of carboxylic acid groups (broad SMARTS) is 4. The number of unbranched alkanes of at least 4 members (excludes halogenated alkanes) is 14. The van der Waals surface area contributed by atoms with E-state index in [1.807, 2.05) is 6.92 Å². The molecular weight excluding hydrogens is 1040 g/mol. The van der Waals surface area contributed by atoms with Crippen molar-refractivity contribution in [2.45, 2.75) is 206 Å². The number of carbonyl (C=O) groups is 11. The highest BCUT2D eigenvalue weighted by molar-refractivity contribution is 5.88. The lowest BCUT2D eigenvalue weighted by Gasteiger charge is -2.17. The molecule has 0 heterocycles. The molecule has 0 aliphatic carbocycles. The largest absolute Gasteiger partial charge is 0.481 e. The number of ketones is 3. The highest BCUT2D eigenvalue weighted by Crippen LogP contribution is 2.17. The number of carboxylic acids is 4. The molecule has 0 spiro atoms. The Balaban J connectivity index is -0.00000988. The number of aliphatic carboxylic acids is 4. The van der Waals surface area contributed by atoms with Gasteiger partial charge in [0.25, 0.3) is 0 Å². The summed E-state index contributed by atoms with van der Waals surface area (Å²) in [5.41, 5.74) is 0. The van der Waals surface area contributed by atoms with E-state index in [0.717, 1.165) is 77.0 Å². The van der Waals surface area contributed by atoms with E-state index in [2.05, 4.69) is 21.3 Å². The summed E-state index contributed by atoms with van der Waals surface area (Å²) in [6.07, 6.45) is 15.4. The van der Waals surface area contributed by atoms with Crippen LogP contribution in [0.25, 0.3) is 0 Å². The molecule has 24 nitrogen and oxygen atoms in total. The van der Waals surface area contributed by atoms with Crippen molar-refractivity contribution in [3.8, 4) is 0 Å². The summed E-state index contributed by atoms with van der Waals surface area (Å²) in [4.78, 5) is 131. The minimum absolute atomic E-state index is 0. The molecule has 0 radical (unpaired) electrons. The average Bonchev–Trinajstić information content (AvgIpc) is 3.38. The summed E-state index contributed by atoms with van der Waals surface area (Å²) in [6.45, 7) is 5.15. The maximum atomic E-state index is 12.7. The van der Waals surface area contributed by atoms with Crippen LogP contribution in [0, 0.1) is 11.8 Å². The number of hydrogen-bond donors (Lipinski definition) is 8. The number of rotatable bonds is 56. The first-order valence-corrected chi connectivity index (χ1v) is 28.2. The first-order chi connectivity index (χ1) is 37.3. The second-order valence-corrected chi connectivity index (χ2v) is 19.8. The maximum Gasteiger partial charge on any atom is 0.326 e. The van der Waals surface area contributed by atoms with Crippen molar-refractivity contribution < 1.29 is 100 Å². The van der Waals surface area contributed by atoms with Gasteiger partial charge < -0.3 is 66.1 Å².